The normalized spacial score (nSPS) is 22.9. The van der Waals surface area contributed by atoms with Gasteiger partial charge in [0.1, 0.15) is 0 Å². The van der Waals surface area contributed by atoms with Gasteiger partial charge in [-0.3, -0.25) is 9.88 Å². The van der Waals surface area contributed by atoms with Gasteiger partial charge >= 0.3 is 0 Å². The van der Waals surface area contributed by atoms with E-state index in [0.717, 1.165) is 31.6 Å². The van der Waals surface area contributed by atoms with E-state index in [1.54, 1.807) is 12.4 Å². The smallest absolute Gasteiger partial charge is 0.0679 e. The summed E-state index contributed by atoms with van der Waals surface area (Å²) in [6.45, 7) is 2.50. The van der Waals surface area contributed by atoms with Crippen molar-refractivity contribution >= 4 is 11.6 Å². The summed E-state index contributed by atoms with van der Waals surface area (Å²) in [6, 6.07) is 1.92. The molecule has 2 rings (SSSR count). The summed E-state index contributed by atoms with van der Waals surface area (Å²) in [5.74, 6) is 0. The molecule has 0 radical (unpaired) electrons. The molecule has 4 heteroatoms. The van der Waals surface area contributed by atoms with Crippen molar-refractivity contribution < 1.29 is 5.11 Å². The number of aliphatic hydroxyl groups excluding tert-OH is 1. The molecule has 1 N–H and O–H groups in total. The van der Waals surface area contributed by atoms with Crippen LogP contribution in [0.5, 0.6) is 0 Å². The maximum absolute atomic E-state index is 9.36. The Bertz CT molecular complexity index is 319. The summed E-state index contributed by atoms with van der Waals surface area (Å²) in [4.78, 5) is 6.13. The molecule has 1 saturated heterocycles. The first-order chi connectivity index (χ1) is 6.75. The molecule has 0 spiro atoms. The zero-order valence-electron chi connectivity index (χ0n) is 7.86. The minimum atomic E-state index is -0.171. The molecule has 0 saturated carbocycles. The Balaban J connectivity index is 2.01. The van der Waals surface area contributed by atoms with Crippen LogP contribution in [0.25, 0.3) is 0 Å². The van der Waals surface area contributed by atoms with Crippen LogP contribution in [0.15, 0.2) is 18.5 Å². The van der Waals surface area contributed by atoms with Crippen molar-refractivity contribution in [1.82, 2.24) is 9.88 Å². The van der Waals surface area contributed by atoms with Gasteiger partial charge in [-0.1, -0.05) is 11.6 Å². The molecule has 0 aliphatic carbocycles. The molecule has 76 valence electrons. The average molecular weight is 213 g/mol. The van der Waals surface area contributed by atoms with Gasteiger partial charge in [0.15, 0.2) is 0 Å². The molecule has 1 aliphatic rings. The molecule has 0 bridgehead atoms. The number of aromatic nitrogens is 1. The Hall–Kier alpha value is -0.640. The monoisotopic (exact) mass is 212 g/mol. The second-order valence-corrected chi connectivity index (χ2v) is 4.05. The highest BCUT2D eigenvalue weighted by atomic mass is 35.5. The predicted octanol–water partition coefficient (Wildman–Crippen LogP) is 1.30. The van der Waals surface area contributed by atoms with Crippen LogP contribution in [-0.4, -0.2) is 34.2 Å². The third-order valence-corrected chi connectivity index (χ3v) is 2.84. The highest BCUT2D eigenvalue weighted by Gasteiger charge is 2.20. The van der Waals surface area contributed by atoms with E-state index in [0.29, 0.717) is 5.02 Å². The van der Waals surface area contributed by atoms with Crippen molar-refractivity contribution in [3.8, 4) is 0 Å². The summed E-state index contributed by atoms with van der Waals surface area (Å²) < 4.78 is 0. The molecule has 1 aromatic rings. The lowest BCUT2D eigenvalue weighted by atomic mass is 10.2. The fourth-order valence-corrected chi connectivity index (χ4v) is 1.91. The van der Waals surface area contributed by atoms with Gasteiger partial charge in [-0.15, -0.1) is 0 Å². The van der Waals surface area contributed by atoms with E-state index in [-0.39, 0.29) is 6.10 Å². The first-order valence-electron chi connectivity index (χ1n) is 4.74. The summed E-state index contributed by atoms with van der Waals surface area (Å²) in [5, 5.41) is 10.1. The van der Waals surface area contributed by atoms with Crippen molar-refractivity contribution in [3.05, 3.63) is 29.0 Å². The summed E-state index contributed by atoms with van der Waals surface area (Å²) in [5.41, 5.74) is 1.08. The van der Waals surface area contributed by atoms with Crippen LogP contribution in [0, 0.1) is 0 Å². The third kappa shape index (κ3) is 2.23. The number of pyridine rings is 1. The quantitative estimate of drug-likeness (QED) is 0.803. The van der Waals surface area contributed by atoms with Crippen LogP contribution in [0.1, 0.15) is 12.0 Å². The lowest BCUT2D eigenvalue weighted by Gasteiger charge is -2.15. The van der Waals surface area contributed by atoms with E-state index in [2.05, 4.69) is 9.88 Å². The van der Waals surface area contributed by atoms with Crippen molar-refractivity contribution in [3.63, 3.8) is 0 Å². The zero-order chi connectivity index (χ0) is 9.97. The van der Waals surface area contributed by atoms with E-state index in [4.69, 9.17) is 11.6 Å². The van der Waals surface area contributed by atoms with E-state index in [1.165, 1.54) is 0 Å². The van der Waals surface area contributed by atoms with Crippen LogP contribution in [0.4, 0.5) is 0 Å². The Morgan fingerprint density at radius 2 is 2.50 bits per heavy atom. The molecule has 0 aromatic carbocycles. The molecule has 1 aliphatic heterocycles. The average Bonchev–Trinajstić information content (AvgIpc) is 2.56. The second-order valence-electron chi connectivity index (χ2n) is 3.64. The van der Waals surface area contributed by atoms with Gasteiger partial charge in [-0.05, 0) is 18.1 Å². The highest BCUT2D eigenvalue weighted by molar-refractivity contribution is 6.31. The largest absolute Gasteiger partial charge is 0.392 e. The van der Waals surface area contributed by atoms with Crippen molar-refractivity contribution in [2.24, 2.45) is 0 Å². The number of rotatable bonds is 2. The SMILES string of the molecule is O[C@H]1CCN(Cc2ccncc2Cl)C1. The van der Waals surface area contributed by atoms with Crippen molar-refractivity contribution in [2.45, 2.75) is 19.1 Å². The van der Waals surface area contributed by atoms with Gasteiger partial charge in [0, 0.05) is 32.0 Å². The fourth-order valence-electron chi connectivity index (χ4n) is 1.73. The van der Waals surface area contributed by atoms with Crippen LogP contribution in [0.3, 0.4) is 0 Å². The Morgan fingerprint density at radius 1 is 1.64 bits per heavy atom. The third-order valence-electron chi connectivity index (χ3n) is 2.50. The van der Waals surface area contributed by atoms with Crippen LogP contribution in [0.2, 0.25) is 5.02 Å². The van der Waals surface area contributed by atoms with E-state index >= 15 is 0 Å². The molecule has 2 heterocycles. The lowest BCUT2D eigenvalue weighted by molar-refractivity contribution is 0.175. The van der Waals surface area contributed by atoms with E-state index < -0.39 is 0 Å². The summed E-state index contributed by atoms with van der Waals surface area (Å²) in [7, 11) is 0. The number of nitrogens with zero attached hydrogens (tertiary/aromatic N) is 2. The fraction of sp³-hybridized carbons (Fsp3) is 0.500. The lowest BCUT2D eigenvalue weighted by Crippen LogP contribution is -2.21. The van der Waals surface area contributed by atoms with Crippen molar-refractivity contribution in [1.29, 1.82) is 0 Å². The Kier molecular flexibility index (Phi) is 3.01. The van der Waals surface area contributed by atoms with Crippen molar-refractivity contribution in [2.75, 3.05) is 13.1 Å². The van der Waals surface area contributed by atoms with Crippen LogP contribution < -0.4 is 0 Å². The second kappa shape index (κ2) is 4.26. The number of hydrogen-bond donors (Lipinski definition) is 1. The predicted molar refractivity (Wildman–Crippen MR) is 55.1 cm³/mol. The van der Waals surface area contributed by atoms with Crippen LogP contribution in [-0.2, 0) is 6.54 Å². The van der Waals surface area contributed by atoms with Gasteiger partial charge in [0.2, 0.25) is 0 Å². The van der Waals surface area contributed by atoms with Gasteiger partial charge in [-0.2, -0.15) is 0 Å². The van der Waals surface area contributed by atoms with Gasteiger partial charge in [0.05, 0.1) is 11.1 Å². The maximum Gasteiger partial charge on any atom is 0.0679 e. The summed E-state index contributed by atoms with van der Waals surface area (Å²) in [6.07, 6.45) is 4.09. The molecular formula is C10H13ClN2O. The number of β-amino-alcohol motifs (C(OH)–C–C–N with tert-alkyl or cyclic N) is 1. The molecule has 14 heavy (non-hydrogen) atoms. The highest BCUT2D eigenvalue weighted by Crippen LogP contribution is 2.18. The topological polar surface area (TPSA) is 36.4 Å². The van der Waals surface area contributed by atoms with Gasteiger partial charge in [0.25, 0.3) is 0 Å². The molecule has 3 nitrogen and oxygen atoms in total. The molecular weight excluding hydrogens is 200 g/mol. The minimum absolute atomic E-state index is 0.171. The molecule has 1 aromatic heterocycles. The number of aliphatic hydroxyl groups is 1. The Morgan fingerprint density at radius 3 is 3.14 bits per heavy atom. The van der Waals surface area contributed by atoms with Crippen LogP contribution >= 0.6 is 11.6 Å². The zero-order valence-corrected chi connectivity index (χ0v) is 8.61. The number of halogens is 1. The summed E-state index contributed by atoms with van der Waals surface area (Å²) >= 11 is 5.99. The standard InChI is InChI=1S/C10H13ClN2O/c11-10-5-12-3-1-8(10)6-13-4-2-9(14)7-13/h1,3,5,9,14H,2,4,6-7H2/t9-/m0/s1. The first kappa shape index (κ1) is 9.90. The van der Waals surface area contributed by atoms with E-state index in [1.807, 2.05) is 6.07 Å². The first-order valence-corrected chi connectivity index (χ1v) is 5.12. The van der Waals surface area contributed by atoms with Gasteiger partial charge < -0.3 is 5.11 Å². The Labute approximate surface area is 88.3 Å². The molecule has 1 atom stereocenters. The number of likely N-dealkylation sites (tertiary alicyclic amines) is 1. The minimum Gasteiger partial charge on any atom is -0.392 e. The maximum atomic E-state index is 9.36. The molecule has 1 fully saturated rings. The molecule has 0 amide bonds. The van der Waals surface area contributed by atoms with E-state index in [9.17, 15) is 5.11 Å². The van der Waals surface area contributed by atoms with Gasteiger partial charge in [-0.25, -0.2) is 0 Å². The molecule has 0 unspecified atom stereocenters. The number of hydrogen-bond acceptors (Lipinski definition) is 3.